The van der Waals surface area contributed by atoms with E-state index in [4.69, 9.17) is 0 Å². The Morgan fingerprint density at radius 1 is 1.08 bits per heavy atom. The molecule has 6 heteroatoms. The largest absolute Gasteiger partial charge is 0.507 e. The Morgan fingerprint density at radius 2 is 1.67 bits per heavy atom. The molecule has 0 bridgehead atoms. The van der Waals surface area contributed by atoms with Crippen molar-refractivity contribution in [1.29, 1.82) is 0 Å². The van der Waals surface area contributed by atoms with Crippen LogP contribution in [0, 0.1) is 13.8 Å². The first-order valence-electron chi connectivity index (χ1n) is 8.46. The summed E-state index contributed by atoms with van der Waals surface area (Å²) < 4.78 is 0. The van der Waals surface area contributed by atoms with Gasteiger partial charge in [0.05, 0.1) is 0 Å². The third kappa shape index (κ3) is 4.63. The number of carbonyl (C=O) groups is 2. The van der Waals surface area contributed by atoms with Crippen molar-refractivity contribution in [2.45, 2.75) is 33.6 Å². The molecule has 24 heavy (non-hydrogen) atoms. The molecule has 6 nitrogen and oxygen atoms in total. The molecule has 0 unspecified atom stereocenters. The van der Waals surface area contributed by atoms with Gasteiger partial charge < -0.3 is 20.2 Å². The van der Waals surface area contributed by atoms with E-state index in [0.29, 0.717) is 38.5 Å². The second-order valence-electron chi connectivity index (χ2n) is 6.41. The highest BCUT2D eigenvalue weighted by atomic mass is 16.3. The van der Waals surface area contributed by atoms with Crippen molar-refractivity contribution in [2.75, 3.05) is 32.7 Å². The van der Waals surface area contributed by atoms with Crippen molar-refractivity contribution in [3.63, 3.8) is 0 Å². The first-order chi connectivity index (χ1) is 11.4. The molecule has 0 aromatic heterocycles. The number of aromatic hydroxyl groups is 1. The number of amides is 3. The fourth-order valence-electron chi connectivity index (χ4n) is 3.05. The predicted octanol–water partition coefficient (Wildman–Crippen LogP) is 1.82. The number of aryl methyl sites for hydroxylation is 2. The van der Waals surface area contributed by atoms with Gasteiger partial charge in [0.2, 0.25) is 5.91 Å². The van der Waals surface area contributed by atoms with Gasteiger partial charge in [-0.05, 0) is 43.4 Å². The Kier molecular flexibility index (Phi) is 6.06. The Labute approximate surface area is 143 Å². The highest BCUT2D eigenvalue weighted by molar-refractivity contribution is 5.75. The minimum Gasteiger partial charge on any atom is -0.507 e. The molecule has 0 spiro atoms. The fourth-order valence-corrected chi connectivity index (χ4v) is 3.05. The van der Waals surface area contributed by atoms with Crippen molar-refractivity contribution < 1.29 is 14.7 Å². The third-order valence-corrected chi connectivity index (χ3v) is 4.47. The minimum absolute atomic E-state index is 0.0651. The minimum atomic E-state index is -0.0763. The van der Waals surface area contributed by atoms with Gasteiger partial charge in [-0.15, -0.1) is 0 Å². The summed E-state index contributed by atoms with van der Waals surface area (Å²) in [7, 11) is 0. The molecule has 3 amide bonds. The molecule has 1 aromatic carbocycles. The number of carbonyl (C=O) groups excluding carboxylic acids is 2. The van der Waals surface area contributed by atoms with Crippen LogP contribution in [0.15, 0.2) is 12.1 Å². The van der Waals surface area contributed by atoms with Crippen LogP contribution in [0.2, 0.25) is 0 Å². The van der Waals surface area contributed by atoms with E-state index < -0.39 is 0 Å². The van der Waals surface area contributed by atoms with E-state index in [2.05, 4.69) is 5.32 Å². The number of phenols is 1. The quantitative estimate of drug-likeness (QED) is 0.886. The molecule has 1 aliphatic rings. The molecular formula is C18H27N3O3. The maximum atomic E-state index is 12.3. The number of benzene rings is 1. The smallest absolute Gasteiger partial charge is 0.317 e. The summed E-state index contributed by atoms with van der Waals surface area (Å²) in [5.41, 5.74) is 2.81. The van der Waals surface area contributed by atoms with E-state index in [0.717, 1.165) is 29.5 Å². The zero-order valence-corrected chi connectivity index (χ0v) is 14.8. The topological polar surface area (TPSA) is 72.9 Å². The molecular weight excluding hydrogens is 306 g/mol. The number of rotatable bonds is 3. The van der Waals surface area contributed by atoms with E-state index in [9.17, 15) is 14.7 Å². The summed E-state index contributed by atoms with van der Waals surface area (Å²) in [6.07, 6.45) is 1.53. The van der Waals surface area contributed by atoms with Crippen LogP contribution in [0.1, 0.15) is 30.0 Å². The summed E-state index contributed by atoms with van der Waals surface area (Å²) in [5.74, 6) is 0.401. The van der Waals surface area contributed by atoms with E-state index in [1.165, 1.54) is 0 Å². The normalized spacial score (nSPS) is 15.1. The average molecular weight is 333 g/mol. The molecule has 0 aliphatic carbocycles. The van der Waals surface area contributed by atoms with Gasteiger partial charge >= 0.3 is 6.03 Å². The van der Waals surface area contributed by atoms with Gasteiger partial charge in [-0.2, -0.15) is 0 Å². The van der Waals surface area contributed by atoms with Gasteiger partial charge in [0.1, 0.15) is 5.75 Å². The van der Waals surface area contributed by atoms with E-state index in [-0.39, 0.29) is 11.9 Å². The molecule has 2 N–H and O–H groups in total. The maximum absolute atomic E-state index is 12.3. The summed E-state index contributed by atoms with van der Waals surface area (Å²) in [6.45, 7) is 8.43. The van der Waals surface area contributed by atoms with Gasteiger partial charge in [-0.1, -0.05) is 12.1 Å². The molecule has 2 rings (SSSR count). The maximum Gasteiger partial charge on any atom is 0.317 e. The molecule has 1 aromatic rings. The fraction of sp³-hybridized carbons (Fsp3) is 0.556. The lowest BCUT2D eigenvalue weighted by atomic mass is 10.0. The number of phenolic OH excluding ortho intramolecular Hbond substituents is 1. The number of nitrogens with one attached hydrogen (secondary N) is 1. The van der Waals surface area contributed by atoms with Gasteiger partial charge in [0, 0.05) is 39.6 Å². The lowest BCUT2D eigenvalue weighted by molar-refractivity contribution is -0.128. The first kappa shape index (κ1) is 18.1. The Balaban J connectivity index is 1.82. The van der Waals surface area contributed by atoms with Crippen LogP contribution in [-0.4, -0.2) is 59.6 Å². The second kappa shape index (κ2) is 8.04. The van der Waals surface area contributed by atoms with Crippen molar-refractivity contribution in [1.82, 2.24) is 15.1 Å². The molecule has 1 aliphatic heterocycles. The predicted molar refractivity (Wildman–Crippen MR) is 93.1 cm³/mol. The van der Waals surface area contributed by atoms with Crippen LogP contribution in [0.4, 0.5) is 4.79 Å². The van der Waals surface area contributed by atoms with Crippen molar-refractivity contribution >= 4 is 11.9 Å². The number of hydrogen-bond donors (Lipinski definition) is 2. The molecule has 0 saturated carbocycles. The third-order valence-electron chi connectivity index (χ3n) is 4.47. The monoisotopic (exact) mass is 333 g/mol. The number of nitrogens with zero attached hydrogens (tertiary/aromatic N) is 2. The Morgan fingerprint density at radius 3 is 2.29 bits per heavy atom. The van der Waals surface area contributed by atoms with Gasteiger partial charge in [0.25, 0.3) is 0 Å². The van der Waals surface area contributed by atoms with E-state index in [1.54, 1.807) is 16.7 Å². The van der Waals surface area contributed by atoms with Gasteiger partial charge in [-0.25, -0.2) is 4.79 Å². The van der Waals surface area contributed by atoms with Crippen molar-refractivity contribution in [2.24, 2.45) is 0 Å². The number of hydrogen-bond acceptors (Lipinski definition) is 3. The molecule has 132 valence electrons. The van der Waals surface area contributed by atoms with E-state index >= 15 is 0 Å². The SMILES string of the molecule is CC(=O)N1CCCN(C(=O)NCCc2cc(C)c(O)c(C)c2)CC1. The number of urea groups is 1. The Hall–Kier alpha value is -2.24. The molecule has 1 heterocycles. The Bertz CT molecular complexity index is 593. The molecule has 0 atom stereocenters. The first-order valence-corrected chi connectivity index (χ1v) is 8.46. The molecule has 1 fully saturated rings. The zero-order chi connectivity index (χ0) is 17.7. The molecule has 1 saturated heterocycles. The van der Waals surface area contributed by atoms with Crippen LogP contribution < -0.4 is 5.32 Å². The summed E-state index contributed by atoms with van der Waals surface area (Å²) in [4.78, 5) is 27.3. The van der Waals surface area contributed by atoms with Crippen LogP contribution in [-0.2, 0) is 11.2 Å². The average Bonchev–Trinajstić information content (AvgIpc) is 2.78. The standard InChI is InChI=1S/C18H27N3O3/c1-13-11-16(12-14(2)17(13)23)5-6-19-18(24)21-8-4-7-20(9-10-21)15(3)22/h11-12,23H,4-10H2,1-3H3,(H,19,24). The van der Waals surface area contributed by atoms with Crippen LogP contribution in [0.3, 0.4) is 0 Å². The van der Waals surface area contributed by atoms with Crippen LogP contribution >= 0.6 is 0 Å². The van der Waals surface area contributed by atoms with Gasteiger partial charge in [0.15, 0.2) is 0 Å². The van der Waals surface area contributed by atoms with Crippen molar-refractivity contribution in [3.8, 4) is 5.75 Å². The lowest BCUT2D eigenvalue weighted by Crippen LogP contribution is -2.43. The lowest BCUT2D eigenvalue weighted by Gasteiger charge is -2.21. The highest BCUT2D eigenvalue weighted by Crippen LogP contribution is 2.22. The van der Waals surface area contributed by atoms with Crippen LogP contribution in [0.5, 0.6) is 5.75 Å². The van der Waals surface area contributed by atoms with E-state index in [1.807, 2.05) is 26.0 Å². The summed E-state index contributed by atoms with van der Waals surface area (Å²) >= 11 is 0. The van der Waals surface area contributed by atoms with Crippen molar-refractivity contribution in [3.05, 3.63) is 28.8 Å². The van der Waals surface area contributed by atoms with Gasteiger partial charge in [-0.3, -0.25) is 4.79 Å². The second-order valence-corrected chi connectivity index (χ2v) is 6.41. The molecule has 0 radical (unpaired) electrons. The zero-order valence-electron chi connectivity index (χ0n) is 14.8. The van der Waals surface area contributed by atoms with Crippen LogP contribution in [0.25, 0.3) is 0 Å². The highest BCUT2D eigenvalue weighted by Gasteiger charge is 2.19. The summed E-state index contributed by atoms with van der Waals surface area (Å²) in [5, 5.41) is 12.7. The summed E-state index contributed by atoms with van der Waals surface area (Å²) in [6, 6.07) is 3.82.